The molecule has 0 unspecified atom stereocenters. The molecule has 9 N–H and O–H groups in total. The average molecular weight is 975 g/mol. The lowest BCUT2D eigenvalue weighted by Gasteiger charge is -2.51. The first-order valence-corrected chi connectivity index (χ1v) is 23.0. The number of likely N-dealkylation sites (N-methyl/N-ethyl adjacent to an activating group) is 2. The normalized spacial score (nSPS) is 33.3. The van der Waals surface area contributed by atoms with Gasteiger partial charge in [-0.1, -0.05) is 0 Å². The SMILES string of the molecule is CNCC1=CC[C@@H](NC(=O)OC(C)(C)C)[C@@H](O[C@H]2[C@H](O)[C@@H](O[C@H]3OC[C@](C)(O)[C@H](N(C)C(=O)OC(C)(C)C)[C@H]3O)[C@H](NC(=O)C3(O)CC(NC(=O)OC(C)(C)C)C3)C[C@@H]2NC(=O)OC(C)(C)C)O1. The van der Waals surface area contributed by atoms with Crippen molar-refractivity contribution in [2.75, 3.05) is 27.2 Å². The van der Waals surface area contributed by atoms with E-state index in [9.17, 15) is 44.4 Å². The molecular weight excluding hydrogens is 897 g/mol. The van der Waals surface area contributed by atoms with Crippen LogP contribution >= 0.6 is 0 Å². The summed E-state index contributed by atoms with van der Waals surface area (Å²) in [6, 6.07) is -5.50. The molecule has 390 valence electrons. The Hall–Kier alpha value is -4.23. The van der Waals surface area contributed by atoms with E-state index in [-0.39, 0.29) is 32.2 Å². The van der Waals surface area contributed by atoms with Gasteiger partial charge in [-0.2, -0.15) is 0 Å². The first kappa shape index (κ1) is 56.4. The molecule has 0 aromatic heterocycles. The molecular formula is C45H78N6O17. The molecule has 0 aromatic carbocycles. The Morgan fingerprint density at radius 2 is 1.18 bits per heavy atom. The molecule has 1 saturated heterocycles. The Kier molecular flexibility index (Phi) is 17.7. The molecule has 2 aliphatic heterocycles. The molecule has 0 bridgehead atoms. The number of aliphatic hydroxyl groups excluding tert-OH is 2. The first-order valence-electron chi connectivity index (χ1n) is 23.0. The summed E-state index contributed by atoms with van der Waals surface area (Å²) in [5.74, 6) is -0.491. The van der Waals surface area contributed by atoms with Crippen LogP contribution in [-0.2, 0) is 42.7 Å². The molecule has 4 aliphatic rings. The second-order valence-corrected chi connectivity index (χ2v) is 22.3. The van der Waals surface area contributed by atoms with Crippen LogP contribution in [0, 0.1) is 0 Å². The number of nitrogens with zero attached hydrogens (tertiary/aromatic N) is 1. The van der Waals surface area contributed by atoms with Crippen molar-refractivity contribution in [2.24, 2.45) is 0 Å². The van der Waals surface area contributed by atoms with Crippen LogP contribution in [0.3, 0.4) is 0 Å². The van der Waals surface area contributed by atoms with E-state index in [2.05, 4.69) is 26.6 Å². The summed E-state index contributed by atoms with van der Waals surface area (Å²) in [6.45, 7) is 21.1. The van der Waals surface area contributed by atoms with Gasteiger partial charge < -0.3 is 89.8 Å². The van der Waals surface area contributed by atoms with Gasteiger partial charge in [-0.15, -0.1) is 0 Å². The molecule has 23 heteroatoms. The highest BCUT2D eigenvalue weighted by molar-refractivity contribution is 5.87. The maximum Gasteiger partial charge on any atom is 0.410 e. The lowest BCUT2D eigenvalue weighted by Crippen LogP contribution is -2.72. The number of amides is 5. The van der Waals surface area contributed by atoms with Crippen LogP contribution in [-0.4, -0.2) is 184 Å². The number of nitrogens with one attached hydrogen (secondary N) is 5. The topological polar surface area (TPSA) is 304 Å². The van der Waals surface area contributed by atoms with E-state index in [4.69, 9.17) is 37.9 Å². The minimum atomic E-state index is -2.02. The van der Waals surface area contributed by atoms with Crippen molar-refractivity contribution in [1.29, 1.82) is 0 Å². The average Bonchev–Trinajstić information content (AvgIpc) is 3.12. The number of hydrogen-bond donors (Lipinski definition) is 9. The highest BCUT2D eigenvalue weighted by atomic mass is 16.7. The predicted molar refractivity (Wildman–Crippen MR) is 242 cm³/mol. The van der Waals surface area contributed by atoms with Gasteiger partial charge in [0.05, 0.1) is 37.3 Å². The molecule has 0 spiro atoms. The maximum absolute atomic E-state index is 14.1. The van der Waals surface area contributed by atoms with Gasteiger partial charge in [-0.05, 0) is 116 Å². The Bertz CT molecular complexity index is 1810. The highest BCUT2D eigenvalue weighted by Gasteiger charge is 2.57. The standard InChI is InChI=1S/C45H78N6O17/c1-40(2,3)65-36(55)47-23-19-45(60,20-23)35(54)48-26-18-27(50-38(57)67-42(7,8)9)31(63-33-25(17-16-24(62-33)21-46-14)49-37(56)66-41(4,5)6)28(52)30(26)64-34-29(53)32(44(13,59)22-61-34)51(15)39(58)68-43(10,11)12/h16,23,25-34,46,52-53,59-60H,17-22H2,1-15H3,(H,47,55)(H,48,54)(H,49,56)(H,50,57)/t23?,25-,26-,27+,28-,29-,30+,31-,32-,33-,34-,44+,45?/m1/s1. The second kappa shape index (κ2) is 21.4. The quantitative estimate of drug-likeness (QED) is 0.126. The van der Waals surface area contributed by atoms with E-state index in [1.54, 1.807) is 96.2 Å². The summed E-state index contributed by atoms with van der Waals surface area (Å²) in [6.07, 6.45) is -11.9. The number of alkyl carbamates (subject to hydrolysis) is 3. The molecule has 11 atom stereocenters. The largest absolute Gasteiger partial charge is 0.466 e. The third-order valence-corrected chi connectivity index (χ3v) is 11.0. The molecule has 68 heavy (non-hydrogen) atoms. The van der Waals surface area contributed by atoms with Crippen LogP contribution in [0.1, 0.15) is 116 Å². The highest BCUT2D eigenvalue weighted by Crippen LogP contribution is 2.37. The fourth-order valence-corrected chi connectivity index (χ4v) is 8.24. The molecule has 0 radical (unpaired) electrons. The number of carbonyl (C=O) groups is 5. The van der Waals surface area contributed by atoms with Crippen LogP contribution in [0.4, 0.5) is 19.2 Å². The van der Waals surface area contributed by atoms with Crippen molar-refractivity contribution in [2.45, 2.75) is 217 Å². The van der Waals surface area contributed by atoms with Crippen molar-refractivity contribution in [3.05, 3.63) is 11.8 Å². The van der Waals surface area contributed by atoms with Crippen LogP contribution in [0.25, 0.3) is 0 Å². The van der Waals surface area contributed by atoms with Gasteiger partial charge in [-0.25, -0.2) is 19.2 Å². The van der Waals surface area contributed by atoms with Crippen LogP contribution in [0.2, 0.25) is 0 Å². The third-order valence-electron chi connectivity index (χ3n) is 11.0. The number of carbonyl (C=O) groups excluding carboxylic acids is 5. The molecule has 23 nitrogen and oxygen atoms in total. The van der Waals surface area contributed by atoms with E-state index < -0.39 is 138 Å². The fourth-order valence-electron chi connectivity index (χ4n) is 8.24. The van der Waals surface area contributed by atoms with Gasteiger partial charge in [0.2, 0.25) is 6.29 Å². The zero-order valence-electron chi connectivity index (χ0n) is 42.2. The molecule has 5 amide bonds. The van der Waals surface area contributed by atoms with E-state index in [0.29, 0.717) is 5.76 Å². The fraction of sp³-hybridized carbons (Fsp3) is 0.844. The Morgan fingerprint density at radius 1 is 0.706 bits per heavy atom. The van der Waals surface area contributed by atoms with Crippen LogP contribution < -0.4 is 26.6 Å². The summed E-state index contributed by atoms with van der Waals surface area (Å²) >= 11 is 0. The van der Waals surface area contributed by atoms with Gasteiger partial charge in [0.15, 0.2) is 6.29 Å². The summed E-state index contributed by atoms with van der Waals surface area (Å²) in [4.78, 5) is 67.5. The number of rotatable bonds is 12. The molecule has 2 aliphatic carbocycles. The number of ether oxygens (including phenoxy) is 8. The van der Waals surface area contributed by atoms with E-state index in [0.717, 1.165) is 4.90 Å². The molecule has 2 saturated carbocycles. The van der Waals surface area contributed by atoms with Crippen molar-refractivity contribution in [1.82, 2.24) is 31.5 Å². The zero-order valence-corrected chi connectivity index (χ0v) is 42.2. The smallest absolute Gasteiger partial charge is 0.410 e. The van der Waals surface area contributed by atoms with Crippen molar-refractivity contribution in [3.63, 3.8) is 0 Å². The lowest BCUT2D eigenvalue weighted by atomic mass is 9.74. The van der Waals surface area contributed by atoms with Crippen molar-refractivity contribution >= 4 is 30.3 Å². The Morgan fingerprint density at radius 3 is 1.68 bits per heavy atom. The summed E-state index contributed by atoms with van der Waals surface area (Å²) in [7, 11) is 3.02. The van der Waals surface area contributed by atoms with Crippen molar-refractivity contribution < 1.29 is 82.3 Å². The van der Waals surface area contributed by atoms with Gasteiger partial charge in [0.25, 0.3) is 5.91 Å². The minimum absolute atomic E-state index is 0.184. The lowest BCUT2D eigenvalue weighted by molar-refractivity contribution is -0.311. The number of hydrogen-bond acceptors (Lipinski definition) is 18. The third kappa shape index (κ3) is 15.9. The van der Waals surface area contributed by atoms with Gasteiger partial charge in [0, 0.05) is 25.9 Å². The van der Waals surface area contributed by atoms with Gasteiger partial charge in [-0.3, -0.25) is 4.79 Å². The first-order chi connectivity index (χ1) is 31.0. The van der Waals surface area contributed by atoms with Gasteiger partial charge in [0.1, 0.15) is 63.8 Å². The number of aliphatic hydroxyl groups is 4. The summed E-state index contributed by atoms with van der Waals surface area (Å²) < 4.78 is 47.0. The van der Waals surface area contributed by atoms with Crippen LogP contribution in [0.15, 0.2) is 11.8 Å². The zero-order chi connectivity index (χ0) is 51.5. The molecule has 2 heterocycles. The van der Waals surface area contributed by atoms with Crippen molar-refractivity contribution in [3.8, 4) is 0 Å². The summed E-state index contributed by atoms with van der Waals surface area (Å²) in [5.41, 5.74) is -7.47. The van der Waals surface area contributed by atoms with Crippen LogP contribution in [0.5, 0.6) is 0 Å². The summed E-state index contributed by atoms with van der Waals surface area (Å²) in [5, 5.41) is 61.4. The maximum atomic E-state index is 14.1. The minimum Gasteiger partial charge on any atom is -0.466 e. The Balaban J connectivity index is 1.75. The molecule has 0 aromatic rings. The van der Waals surface area contributed by atoms with Gasteiger partial charge >= 0.3 is 24.4 Å². The molecule has 4 rings (SSSR count). The van der Waals surface area contributed by atoms with E-state index in [1.807, 2.05) is 0 Å². The predicted octanol–water partition coefficient (Wildman–Crippen LogP) is 1.76. The Labute approximate surface area is 398 Å². The monoisotopic (exact) mass is 975 g/mol. The second-order valence-electron chi connectivity index (χ2n) is 22.3. The van der Waals surface area contributed by atoms with E-state index >= 15 is 0 Å². The van der Waals surface area contributed by atoms with E-state index in [1.165, 1.54) is 14.0 Å². The molecule has 3 fully saturated rings.